The second-order valence-corrected chi connectivity index (χ2v) is 1.39. The van der Waals surface area contributed by atoms with Gasteiger partial charge in [0.15, 0.2) is 0 Å². The fourth-order valence-corrected chi connectivity index (χ4v) is 0.410. The number of nitrogens with zero attached hydrogens (tertiary/aromatic N) is 2. The molecule has 0 rings (SSSR count). The van der Waals surface area contributed by atoms with Crippen LogP contribution in [0.1, 0.15) is 6.92 Å². The standard InChI is InChI=1S/C6H11N3/c1-3-9-6(4-7)5-8-2/h3,5H,2,4,7H2,1H3/b6-5-,9-3?. The highest BCUT2D eigenvalue weighted by Crippen LogP contribution is 1.90. The molecular weight excluding hydrogens is 114 g/mol. The highest BCUT2D eigenvalue weighted by Gasteiger charge is 1.83. The van der Waals surface area contributed by atoms with Gasteiger partial charge in [0, 0.05) is 19.0 Å². The average Bonchev–Trinajstić information content (AvgIpc) is 1.88. The van der Waals surface area contributed by atoms with E-state index in [-0.39, 0.29) is 0 Å². The molecule has 0 saturated carbocycles. The molecule has 0 saturated heterocycles. The first-order chi connectivity index (χ1) is 4.35. The van der Waals surface area contributed by atoms with Crippen molar-refractivity contribution in [1.29, 1.82) is 0 Å². The topological polar surface area (TPSA) is 50.7 Å². The van der Waals surface area contributed by atoms with Crippen molar-refractivity contribution in [1.82, 2.24) is 0 Å². The zero-order chi connectivity index (χ0) is 7.11. The minimum Gasteiger partial charge on any atom is -0.325 e. The maximum Gasteiger partial charge on any atom is 0.0717 e. The van der Waals surface area contributed by atoms with Gasteiger partial charge in [0.05, 0.1) is 5.70 Å². The molecule has 0 amide bonds. The van der Waals surface area contributed by atoms with Gasteiger partial charge in [0.2, 0.25) is 0 Å². The third kappa shape index (κ3) is 3.61. The number of hydrogen-bond acceptors (Lipinski definition) is 3. The Hall–Kier alpha value is -0.960. The smallest absolute Gasteiger partial charge is 0.0717 e. The van der Waals surface area contributed by atoms with Crippen molar-refractivity contribution in [2.75, 3.05) is 6.54 Å². The second-order valence-electron chi connectivity index (χ2n) is 1.39. The maximum atomic E-state index is 5.28. The van der Waals surface area contributed by atoms with Gasteiger partial charge in [-0.3, -0.25) is 9.98 Å². The summed E-state index contributed by atoms with van der Waals surface area (Å²) < 4.78 is 0. The highest BCUT2D eigenvalue weighted by molar-refractivity contribution is 5.55. The Morgan fingerprint density at radius 1 is 1.78 bits per heavy atom. The molecule has 0 aliphatic carbocycles. The van der Waals surface area contributed by atoms with Crippen molar-refractivity contribution in [3.05, 3.63) is 11.9 Å². The van der Waals surface area contributed by atoms with E-state index in [2.05, 4.69) is 16.7 Å². The van der Waals surface area contributed by atoms with E-state index in [0.29, 0.717) is 6.54 Å². The summed E-state index contributed by atoms with van der Waals surface area (Å²) in [5.41, 5.74) is 6.02. The Kier molecular flexibility index (Phi) is 4.63. The second kappa shape index (κ2) is 5.18. The SMILES string of the molecule is C=N/C=C(/CN)N=CC. The summed E-state index contributed by atoms with van der Waals surface area (Å²) >= 11 is 0. The van der Waals surface area contributed by atoms with Crippen LogP contribution in [-0.4, -0.2) is 19.5 Å². The van der Waals surface area contributed by atoms with Gasteiger partial charge in [-0.2, -0.15) is 0 Å². The Balaban J connectivity index is 3.96. The lowest BCUT2D eigenvalue weighted by Gasteiger charge is -1.90. The summed E-state index contributed by atoms with van der Waals surface area (Å²) in [5, 5.41) is 0. The van der Waals surface area contributed by atoms with E-state index in [0.717, 1.165) is 5.70 Å². The van der Waals surface area contributed by atoms with Crippen LogP contribution in [0.4, 0.5) is 0 Å². The van der Waals surface area contributed by atoms with Gasteiger partial charge in [-0.05, 0) is 13.6 Å². The van der Waals surface area contributed by atoms with Crippen molar-refractivity contribution in [3.8, 4) is 0 Å². The van der Waals surface area contributed by atoms with Gasteiger partial charge in [-0.25, -0.2) is 0 Å². The molecule has 0 spiro atoms. The Morgan fingerprint density at radius 2 is 2.44 bits per heavy atom. The molecule has 0 aromatic rings. The third-order valence-electron chi connectivity index (χ3n) is 0.744. The fraction of sp³-hybridized carbons (Fsp3) is 0.333. The van der Waals surface area contributed by atoms with E-state index in [1.165, 1.54) is 0 Å². The molecule has 0 radical (unpaired) electrons. The quantitative estimate of drug-likeness (QED) is 0.551. The van der Waals surface area contributed by atoms with Gasteiger partial charge in [-0.15, -0.1) is 0 Å². The molecule has 9 heavy (non-hydrogen) atoms. The number of aliphatic imine (C=N–C) groups is 2. The van der Waals surface area contributed by atoms with E-state index >= 15 is 0 Å². The first-order valence-corrected chi connectivity index (χ1v) is 2.68. The molecule has 2 N–H and O–H groups in total. The summed E-state index contributed by atoms with van der Waals surface area (Å²) in [6.07, 6.45) is 3.21. The summed E-state index contributed by atoms with van der Waals surface area (Å²) in [6.45, 7) is 5.51. The van der Waals surface area contributed by atoms with Crippen LogP contribution in [0.2, 0.25) is 0 Å². The molecule has 3 heteroatoms. The zero-order valence-electron chi connectivity index (χ0n) is 5.54. The lowest BCUT2D eigenvalue weighted by Crippen LogP contribution is -2.00. The molecule has 0 aromatic carbocycles. The maximum absolute atomic E-state index is 5.28. The molecule has 0 atom stereocenters. The molecule has 50 valence electrons. The minimum atomic E-state index is 0.406. The summed E-state index contributed by atoms with van der Waals surface area (Å²) in [7, 11) is 0. The van der Waals surface area contributed by atoms with E-state index in [1.807, 2.05) is 6.92 Å². The van der Waals surface area contributed by atoms with Crippen molar-refractivity contribution < 1.29 is 0 Å². The van der Waals surface area contributed by atoms with Crippen LogP contribution in [0.25, 0.3) is 0 Å². The van der Waals surface area contributed by atoms with E-state index in [4.69, 9.17) is 5.73 Å². The first kappa shape index (κ1) is 8.04. The molecule has 3 nitrogen and oxygen atoms in total. The highest BCUT2D eigenvalue weighted by atomic mass is 14.8. The van der Waals surface area contributed by atoms with Crippen molar-refractivity contribution in [3.63, 3.8) is 0 Å². The van der Waals surface area contributed by atoms with Gasteiger partial charge >= 0.3 is 0 Å². The van der Waals surface area contributed by atoms with Gasteiger partial charge in [-0.1, -0.05) is 0 Å². The van der Waals surface area contributed by atoms with Crippen LogP contribution in [0.15, 0.2) is 21.9 Å². The summed E-state index contributed by atoms with van der Waals surface area (Å²) in [5.74, 6) is 0. The van der Waals surface area contributed by atoms with Gasteiger partial charge in [0.25, 0.3) is 0 Å². The van der Waals surface area contributed by atoms with E-state index in [9.17, 15) is 0 Å². The first-order valence-electron chi connectivity index (χ1n) is 2.68. The van der Waals surface area contributed by atoms with Crippen LogP contribution in [-0.2, 0) is 0 Å². The molecule has 0 aromatic heterocycles. The minimum absolute atomic E-state index is 0.406. The molecule has 0 bridgehead atoms. The number of nitrogens with two attached hydrogens (primary N) is 1. The molecule has 0 heterocycles. The largest absolute Gasteiger partial charge is 0.325 e. The predicted molar refractivity (Wildman–Crippen MR) is 40.9 cm³/mol. The molecule has 0 aliphatic heterocycles. The molecule has 0 aliphatic rings. The monoisotopic (exact) mass is 125 g/mol. The Labute approximate surface area is 55.0 Å². The average molecular weight is 125 g/mol. The molecular formula is C6H11N3. The van der Waals surface area contributed by atoms with Gasteiger partial charge in [0.1, 0.15) is 0 Å². The van der Waals surface area contributed by atoms with Crippen LogP contribution in [0.3, 0.4) is 0 Å². The summed E-state index contributed by atoms with van der Waals surface area (Å²) in [4.78, 5) is 7.43. The number of rotatable bonds is 3. The van der Waals surface area contributed by atoms with Crippen molar-refractivity contribution >= 4 is 12.9 Å². The van der Waals surface area contributed by atoms with E-state index < -0.39 is 0 Å². The summed E-state index contributed by atoms with van der Waals surface area (Å²) in [6, 6.07) is 0. The van der Waals surface area contributed by atoms with E-state index in [1.54, 1.807) is 12.4 Å². The van der Waals surface area contributed by atoms with Crippen molar-refractivity contribution in [2.24, 2.45) is 15.7 Å². The zero-order valence-corrected chi connectivity index (χ0v) is 5.54. The van der Waals surface area contributed by atoms with Crippen LogP contribution in [0.5, 0.6) is 0 Å². The van der Waals surface area contributed by atoms with Crippen LogP contribution < -0.4 is 5.73 Å². The predicted octanol–water partition coefficient (Wildman–Crippen LogP) is 0.578. The Bertz CT molecular complexity index is 135. The third-order valence-corrected chi connectivity index (χ3v) is 0.744. The number of hydrogen-bond donors (Lipinski definition) is 1. The fourth-order valence-electron chi connectivity index (χ4n) is 0.410. The Morgan fingerprint density at radius 3 is 2.78 bits per heavy atom. The van der Waals surface area contributed by atoms with Crippen molar-refractivity contribution in [2.45, 2.75) is 6.92 Å². The molecule has 0 unspecified atom stereocenters. The molecule has 0 fully saturated rings. The normalized spacial score (nSPS) is 12.4. The lowest BCUT2D eigenvalue weighted by atomic mass is 10.5. The lowest BCUT2D eigenvalue weighted by molar-refractivity contribution is 1.10. The van der Waals surface area contributed by atoms with Crippen LogP contribution >= 0.6 is 0 Å². The van der Waals surface area contributed by atoms with Gasteiger partial charge < -0.3 is 5.73 Å². The van der Waals surface area contributed by atoms with Crippen LogP contribution in [0, 0.1) is 0 Å².